The van der Waals surface area contributed by atoms with Crippen LogP contribution in [-0.4, -0.2) is 25.5 Å². The van der Waals surface area contributed by atoms with Crippen LogP contribution in [0.25, 0.3) is 5.57 Å². The van der Waals surface area contributed by atoms with Crippen molar-refractivity contribution in [3.8, 4) is 0 Å². The van der Waals surface area contributed by atoms with Crippen molar-refractivity contribution in [2.24, 2.45) is 0 Å². The van der Waals surface area contributed by atoms with Crippen LogP contribution < -0.4 is 28.2 Å². The van der Waals surface area contributed by atoms with E-state index < -0.39 is 0 Å². The summed E-state index contributed by atoms with van der Waals surface area (Å²) in [4.78, 5) is 2.23. The molecule has 0 radical (unpaired) electrons. The Bertz CT molecular complexity index is 788. The van der Waals surface area contributed by atoms with Crippen LogP contribution in [0.1, 0.15) is 30.5 Å². The topological polar surface area (TPSA) is 6.48 Å². The molecule has 0 bridgehead atoms. The summed E-state index contributed by atoms with van der Waals surface area (Å²) in [6.07, 6.45) is 5.76. The Kier molecular flexibility index (Phi) is 9.86. The van der Waals surface area contributed by atoms with Gasteiger partial charge in [0.05, 0.1) is 0 Å². The molecule has 1 aliphatic rings. The van der Waals surface area contributed by atoms with Gasteiger partial charge in [-0.05, 0) is 0 Å². The molecule has 2 nitrogen and oxygen atoms in total. The molecule has 1 aliphatic carbocycles. The fraction of sp³-hybridized carbons (Fsp3) is 0.273. The third-order valence-electron chi connectivity index (χ3n) is 4.62. The normalized spacial score (nSPS) is 14.0. The largest absolute Gasteiger partial charge is 1.00 e. The van der Waals surface area contributed by atoms with Crippen molar-refractivity contribution in [3.63, 3.8) is 0 Å². The molecule has 1 atom stereocenters. The van der Waals surface area contributed by atoms with Gasteiger partial charge in [-0.25, -0.2) is 0 Å². The molecule has 141 valence electrons. The first-order valence-corrected chi connectivity index (χ1v) is 9.45. The van der Waals surface area contributed by atoms with Gasteiger partial charge in [-0.2, -0.15) is 0 Å². The van der Waals surface area contributed by atoms with Crippen LogP contribution in [0.3, 0.4) is 0 Å². The number of benzene rings is 2. The monoisotopic (exact) mass is 435 g/mol. The predicted molar refractivity (Wildman–Crippen MR) is 103 cm³/mol. The predicted octanol–water partition coefficient (Wildman–Crippen LogP) is -1.00. The summed E-state index contributed by atoms with van der Waals surface area (Å²) >= 11 is 2.18. The second kappa shape index (κ2) is 11.1. The summed E-state index contributed by atoms with van der Waals surface area (Å²) in [5, 5.41) is 0. The molecule has 0 aromatic heterocycles. The summed E-state index contributed by atoms with van der Waals surface area (Å²) < 4.78 is 2.35. The summed E-state index contributed by atoms with van der Waals surface area (Å²) in [5.74, 6) is 0. The van der Waals surface area contributed by atoms with E-state index in [9.17, 15) is 0 Å². The summed E-state index contributed by atoms with van der Waals surface area (Å²) in [7, 11) is 4.25. The van der Waals surface area contributed by atoms with E-state index in [2.05, 4.69) is 117 Å². The van der Waals surface area contributed by atoms with Gasteiger partial charge in [-0.1, -0.05) is 0 Å². The average molecular weight is 436 g/mol. The Balaban J connectivity index is 0.00000182. The summed E-state index contributed by atoms with van der Waals surface area (Å²) in [6, 6.07) is 19.8. The number of para-hydroxylation sites is 1. The fourth-order valence-corrected chi connectivity index (χ4v) is 3.80. The van der Waals surface area contributed by atoms with Gasteiger partial charge in [-0.3, -0.25) is 0 Å². The van der Waals surface area contributed by atoms with Gasteiger partial charge in [0.25, 0.3) is 0 Å². The molecule has 0 heterocycles. The first kappa shape index (κ1) is 24.0. The van der Waals surface area contributed by atoms with E-state index in [1.165, 1.54) is 28.0 Å². The molecule has 0 saturated carbocycles. The second-order valence-electron chi connectivity index (χ2n) is 6.86. The third kappa shape index (κ3) is 5.97. The van der Waals surface area contributed by atoms with E-state index >= 15 is 0 Å². The molecule has 1 unspecified atom stereocenters. The van der Waals surface area contributed by atoms with Crippen LogP contribution in [0.15, 0.2) is 72.3 Å². The van der Waals surface area contributed by atoms with Crippen LogP contribution in [0.4, 0.5) is 5.69 Å². The Hall–Kier alpha value is -1.03. The van der Waals surface area contributed by atoms with Gasteiger partial charge in [0, 0.05) is 0 Å². The number of likely N-dealkylation sites (N-methyl/N-ethyl adjacent to an activating group) is 1. The van der Waals surface area contributed by atoms with Gasteiger partial charge < -0.3 is 24.8 Å². The van der Waals surface area contributed by atoms with Gasteiger partial charge in [-0.15, -0.1) is 0 Å². The van der Waals surface area contributed by atoms with Gasteiger partial charge in [0.15, 0.2) is 0 Å². The van der Waals surface area contributed by atoms with Crippen LogP contribution in [0.2, 0.25) is 0 Å². The first-order valence-electron chi connectivity index (χ1n) is 8.75. The van der Waals surface area contributed by atoms with E-state index in [0.29, 0.717) is 6.04 Å². The van der Waals surface area contributed by atoms with E-state index in [4.69, 9.17) is 0 Å². The maximum atomic E-state index is 2.37. The van der Waals surface area contributed by atoms with Crippen LogP contribution in [-0.2, 0) is 20.7 Å². The molecule has 27 heavy (non-hydrogen) atoms. The molecular weight excluding hydrogens is 411 g/mol. The quantitative estimate of drug-likeness (QED) is 0.537. The van der Waals surface area contributed by atoms with Crippen molar-refractivity contribution in [2.45, 2.75) is 19.4 Å². The Morgan fingerprint density at radius 2 is 1.59 bits per heavy atom. The van der Waals surface area contributed by atoms with Gasteiger partial charge >= 0.3 is 164 Å². The summed E-state index contributed by atoms with van der Waals surface area (Å²) in [6.45, 7) is 3.29. The van der Waals surface area contributed by atoms with Crippen molar-refractivity contribution in [3.05, 3.63) is 83.4 Å². The molecule has 2 aromatic carbocycles. The molecular formula is C22H25Cl2N2Ti. The number of anilines is 1. The van der Waals surface area contributed by atoms with E-state index in [1.54, 1.807) is 0 Å². The molecule has 0 amide bonds. The average Bonchev–Trinajstić information content (AvgIpc) is 3.09. The smallest absolute Gasteiger partial charge is 1.00 e. The molecule has 3 rings (SSSR count). The minimum atomic E-state index is 0. The minimum absolute atomic E-state index is 0. The van der Waals surface area contributed by atoms with E-state index in [-0.39, 0.29) is 24.8 Å². The van der Waals surface area contributed by atoms with Crippen LogP contribution in [0.5, 0.6) is 0 Å². The van der Waals surface area contributed by atoms with Crippen molar-refractivity contribution >= 4 is 11.3 Å². The molecule has 0 N–H and O–H groups in total. The standard InChI is InChI=1S/C22H25N2.2ClH.Ti/c1-17(23-20-9-5-4-6-10-20)21-11-7-8-12-22(21)19-14-13-18(15-19)16-24(2)3;;;/h4-13,15,17H,14,16H2,1-3H3;2*1H;/q-1;;;+3/p-2. The van der Waals surface area contributed by atoms with E-state index in [1.807, 2.05) is 0 Å². The van der Waals surface area contributed by atoms with Gasteiger partial charge in [0.2, 0.25) is 0 Å². The number of hydrogen-bond acceptors (Lipinski definition) is 2. The molecule has 0 aliphatic heterocycles. The minimum Gasteiger partial charge on any atom is -1.00 e. The number of halogens is 2. The molecule has 5 heteroatoms. The Labute approximate surface area is 187 Å². The Morgan fingerprint density at radius 1 is 0.963 bits per heavy atom. The number of rotatable bonds is 6. The maximum absolute atomic E-state index is 2.37. The number of hydrogen-bond donors (Lipinski definition) is 0. The van der Waals surface area contributed by atoms with Crippen molar-refractivity contribution in [2.75, 3.05) is 24.0 Å². The first-order chi connectivity index (χ1) is 12.1. The fourth-order valence-electron chi connectivity index (χ4n) is 3.35. The zero-order valence-electron chi connectivity index (χ0n) is 16.0. The SMILES string of the molecule is CC(c1ccccc1C1=CC(CN(C)C)=CC1)[N]([Ti+2])c1ccccc1.[Cl-].[Cl-]. The zero-order valence-corrected chi connectivity index (χ0v) is 19.1. The third-order valence-corrected chi connectivity index (χ3v) is 5.63. The second-order valence-corrected chi connectivity index (χ2v) is 7.61. The van der Waals surface area contributed by atoms with Crippen molar-refractivity contribution < 1.29 is 45.5 Å². The number of nitrogens with zero attached hydrogens (tertiary/aromatic N) is 2. The van der Waals surface area contributed by atoms with Crippen molar-refractivity contribution in [1.29, 1.82) is 0 Å². The van der Waals surface area contributed by atoms with Crippen LogP contribution >= 0.6 is 0 Å². The molecule has 0 saturated heterocycles. The van der Waals surface area contributed by atoms with Crippen LogP contribution in [0, 0.1) is 0 Å². The molecule has 0 spiro atoms. The summed E-state index contributed by atoms with van der Waals surface area (Å²) in [5.41, 5.74) is 6.86. The van der Waals surface area contributed by atoms with E-state index in [0.717, 1.165) is 13.0 Å². The molecule has 2 aromatic rings. The maximum Gasteiger partial charge on any atom is -1.00 e. The van der Waals surface area contributed by atoms with Gasteiger partial charge in [0.1, 0.15) is 0 Å². The molecule has 0 fully saturated rings. The zero-order chi connectivity index (χ0) is 17.8. The van der Waals surface area contributed by atoms with Crippen molar-refractivity contribution in [1.82, 2.24) is 4.90 Å². The Morgan fingerprint density at radius 3 is 2.26 bits per heavy atom. The number of allylic oxidation sites excluding steroid dienone is 2.